The number of aryl methyl sites for hydroxylation is 3. The molecule has 1 unspecified atom stereocenters. The van der Waals surface area contributed by atoms with Gasteiger partial charge in [0.15, 0.2) is 5.69 Å². The number of halogens is 3. The Morgan fingerprint density at radius 2 is 1.96 bits per heavy atom. The Kier molecular flexibility index (Phi) is 5.41. The van der Waals surface area contributed by atoms with Crippen molar-refractivity contribution in [1.29, 1.82) is 0 Å². The molecule has 8 heteroatoms. The van der Waals surface area contributed by atoms with Crippen LogP contribution < -0.4 is 4.74 Å². The lowest BCUT2D eigenvalue weighted by Crippen LogP contribution is -2.35. The lowest BCUT2D eigenvalue weighted by atomic mass is 9.85. The number of benzene rings is 1. The van der Waals surface area contributed by atoms with Crippen LogP contribution in [0.1, 0.15) is 40.1 Å². The molecule has 0 radical (unpaired) electrons. The number of H-pyrrole nitrogens is 1. The third-order valence-corrected chi connectivity index (χ3v) is 5.28. The molecule has 1 aromatic carbocycles. The third-order valence-electron chi connectivity index (χ3n) is 5.28. The quantitative estimate of drug-likeness (QED) is 0.856. The Balaban J connectivity index is 1.74. The highest BCUT2D eigenvalue weighted by Crippen LogP contribution is 2.36. The summed E-state index contributed by atoms with van der Waals surface area (Å²) in [7, 11) is 3.31. The molecule has 1 aliphatic carbocycles. The topological polar surface area (TPSA) is 58.2 Å². The number of hydrogen-bond acceptors (Lipinski definition) is 3. The summed E-state index contributed by atoms with van der Waals surface area (Å²) in [6.45, 7) is 4.28. The van der Waals surface area contributed by atoms with E-state index in [1.807, 2.05) is 26.0 Å². The fourth-order valence-electron chi connectivity index (χ4n) is 4.06. The van der Waals surface area contributed by atoms with E-state index in [9.17, 15) is 18.0 Å². The molecular formula is C20H24F3N3O2. The molecular weight excluding hydrogens is 371 g/mol. The molecule has 1 aromatic heterocycles. The normalized spacial score (nSPS) is 16.6. The van der Waals surface area contributed by atoms with Crippen molar-refractivity contribution in [3.05, 3.63) is 45.8 Å². The van der Waals surface area contributed by atoms with Gasteiger partial charge in [-0.3, -0.25) is 9.89 Å². The number of hydrogen-bond donors (Lipinski definition) is 1. The first-order valence-electron chi connectivity index (χ1n) is 9.14. The van der Waals surface area contributed by atoms with E-state index in [0.717, 1.165) is 22.4 Å². The molecule has 1 heterocycles. The fraction of sp³-hybridized carbons (Fsp3) is 0.500. The number of nitrogens with zero attached hydrogens (tertiary/aromatic N) is 2. The number of rotatable bonds is 4. The summed E-state index contributed by atoms with van der Waals surface area (Å²) in [5.74, 6) is 0.194. The molecule has 1 aliphatic rings. The molecule has 3 rings (SSSR count). The highest BCUT2D eigenvalue weighted by atomic mass is 19.4. The number of carbonyl (C=O) groups excluding carboxylic acids is 1. The van der Waals surface area contributed by atoms with Crippen LogP contribution in [0.15, 0.2) is 12.1 Å². The number of nitrogens with one attached hydrogen (secondary N) is 1. The molecule has 0 saturated carbocycles. The van der Waals surface area contributed by atoms with Crippen molar-refractivity contribution in [2.45, 2.75) is 45.8 Å². The summed E-state index contributed by atoms with van der Waals surface area (Å²) < 4.78 is 44.8. The van der Waals surface area contributed by atoms with Crippen LogP contribution in [0.5, 0.6) is 5.75 Å². The maximum absolute atomic E-state index is 13.1. The van der Waals surface area contributed by atoms with Gasteiger partial charge in [-0.05, 0) is 49.8 Å². The number of methoxy groups -OCH3 is 1. The van der Waals surface area contributed by atoms with Gasteiger partial charge in [0.05, 0.1) is 7.11 Å². The second kappa shape index (κ2) is 7.48. The standard InChI is InChI=1S/C20H24F3N3O2/c1-11-7-13(8-12(2)17(11)28-4)10-26(3)19(27)14-5-6-16-15(9-14)18(25-24-16)20(21,22)23/h7-8,14H,5-6,9-10H2,1-4H3,(H,24,25). The van der Waals surface area contributed by atoms with Crippen LogP contribution in [0.2, 0.25) is 0 Å². The van der Waals surface area contributed by atoms with E-state index in [1.54, 1.807) is 19.1 Å². The molecule has 5 nitrogen and oxygen atoms in total. The zero-order chi connectivity index (χ0) is 20.6. The molecule has 0 fully saturated rings. The molecule has 0 spiro atoms. The van der Waals surface area contributed by atoms with Gasteiger partial charge in [0.2, 0.25) is 5.91 Å². The summed E-state index contributed by atoms with van der Waals surface area (Å²) in [6.07, 6.45) is -3.55. The molecule has 1 atom stereocenters. The van der Waals surface area contributed by atoms with E-state index >= 15 is 0 Å². The maximum atomic E-state index is 13.1. The van der Waals surface area contributed by atoms with Crippen LogP contribution in [0.3, 0.4) is 0 Å². The highest BCUT2D eigenvalue weighted by Gasteiger charge is 2.40. The second-order valence-electron chi connectivity index (χ2n) is 7.42. The first kappa shape index (κ1) is 20.2. The number of fused-ring (bicyclic) bond motifs is 1. The van der Waals surface area contributed by atoms with Crippen LogP contribution in [0, 0.1) is 19.8 Å². The molecule has 28 heavy (non-hydrogen) atoms. The van der Waals surface area contributed by atoms with Crippen molar-refractivity contribution in [3.63, 3.8) is 0 Å². The average molecular weight is 395 g/mol. The number of alkyl halides is 3. The number of amides is 1. The minimum absolute atomic E-state index is 0.0600. The van der Waals surface area contributed by atoms with E-state index in [0.29, 0.717) is 25.1 Å². The van der Waals surface area contributed by atoms with Gasteiger partial charge in [0, 0.05) is 30.8 Å². The smallest absolute Gasteiger partial charge is 0.435 e. The van der Waals surface area contributed by atoms with Gasteiger partial charge in [0.1, 0.15) is 5.75 Å². The van der Waals surface area contributed by atoms with E-state index in [1.165, 1.54) is 0 Å². The largest absolute Gasteiger partial charge is 0.496 e. The summed E-state index contributed by atoms with van der Waals surface area (Å²) in [5, 5.41) is 5.90. The van der Waals surface area contributed by atoms with Gasteiger partial charge in [-0.15, -0.1) is 0 Å². The Morgan fingerprint density at radius 3 is 2.54 bits per heavy atom. The van der Waals surface area contributed by atoms with Crippen molar-refractivity contribution in [1.82, 2.24) is 15.1 Å². The molecule has 1 N–H and O–H groups in total. The summed E-state index contributed by atoms with van der Waals surface area (Å²) >= 11 is 0. The zero-order valence-electron chi connectivity index (χ0n) is 16.4. The first-order chi connectivity index (χ1) is 13.1. The van der Waals surface area contributed by atoms with E-state index in [-0.39, 0.29) is 17.9 Å². The Labute approximate surface area is 161 Å². The Bertz CT molecular complexity index is 866. The predicted molar refractivity (Wildman–Crippen MR) is 98.0 cm³/mol. The van der Waals surface area contributed by atoms with E-state index in [4.69, 9.17) is 4.74 Å². The molecule has 1 amide bonds. The lowest BCUT2D eigenvalue weighted by Gasteiger charge is -2.27. The van der Waals surface area contributed by atoms with Gasteiger partial charge in [0.25, 0.3) is 0 Å². The van der Waals surface area contributed by atoms with Gasteiger partial charge < -0.3 is 9.64 Å². The van der Waals surface area contributed by atoms with Crippen LogP contribution in [0.4, 0.5) is 13.2 Å². The predicted octanol–water partition coefficient (Wildman–Crippen LogP) is 3.82. The molecule has 0 bridgehead atoms. The van der Waals surface area contributed by atoms with Crippen molar-refractivity contribution >= 4 is 5.91 Å². The Hall–Kier alpha value is -2.51. The fourth-order valence-corrected chi connectivity index (χ4v) is 4.06. The number of carbonyl (C=O) groups is 1. The van der Waals surface area contributed by atoms with Crippen LogP contribution in [-0.4, -0.2) is 35.2 Å². The van der Waals surface area contributed by atoms with Gasteiger partial charge in [-0.1, -0.05) is 12.1 Å². The van der Waals surface area contributed by atoms with Crippen LogP contribution >= 0.6 is 0 Å². The van der Waals surface area contributed by atoms with Gasteiger partial charge in [-0.25, -0.2) is 0 Å². The molecule has 0 aliphatic heterocycles. The van der Waals surface area contributed by atoms with E-state index in [2.05, 4.69) is 10.2 Å². The monoisotopic (exact) mass is 395 g/mol. The first-order valence-corrected chi connectivity index (χ1v) is 9.14. The van der Waals surface area contributed by atoms with Gasteiger partial charge in [-0.2, -0.15) is 18.3 Å². The van der Waals surface area contributed by atoms with Crippen molar-refractivity contribution in [2.24, 2.45) is 5.92 Å². The van der Waals surface area contributed by atoms with Crippen LogP contribution in [-0.2, 0) is 30.4 Å². The van der Waals surface area contributed by atoms with Gasteiger partial charge >= 0.3 is 6.18 Å². The van der Waals surface area contributed by atoms with E-state index < -0.39 is 17.8 Å². The average Bonchev–Trinajstić information content (AvgIpc) is 3.04. The maximum Gasteiger partial charge on any atom is 0.435 e. The molecule has 2 aromatic rings. The lowest BCUT2D eigenvalue weighted by molar-refractivity contribution is -0.142. The van der Waals surface area contributed by atoms with Crippen molar-refractivity contribution in [3.8, 4) is 5.75 Å². The number of aromatic nitrogens is 2. The summed E-state index contributed by atoms with van der Waals surface area (Å²) in [4.78, 5) is 14.5. The minimum atomic E-state index is -4.51. The number of aromatic amines is 1. The van der Waals surface area contributed by atoms with Crippen molar-refractivity contribution < 1.29 is 22.7 Å². The molecule has 152 valence electrons. The number of ether oxygens (including phenoxy) is 1. The van der Waals surface area contributed by atoms with Crippen LogP contribution in [0.25, 0.3) is 0 Å². The highest BCUT2D eigenvalue weighted by molar-refractivity contribution is 5.79. The SMILES string of the molecule is COc1c(C)cc(CN(C)C(=O)C2CCc3[nH]nc(C(F)(F)F)c3C2)cc1C. The molecule has 0 saturated heterocycles. The summed E-state index contributed by atoms with van der Waals surface area (Å²) in [6, 6.07) is 3.93. The second-order valence-corrected chi connectivity index (χ2v) is 7.42. The van der Waals surface area contributed by atoms with Crippen molar-refractivity contribution in [2.75, 3.05) is 14.2 Å². The zero-order valence-corrected chi connectivity index (χ0v) is 16.4. The minimum Gasteiger partial charge on any atom is -0.496 e. The third kappa shape index (κ3) is 3.86. The Morgan fingerprint density at radius 1 is 1.32 bits per heavy atom. The summed E-state index contributed by atoms with van der Waals surface area (Å²) in [5.41, 5.74) is 2.64.